The van der Waals surface area contributed by atoms with Gasteiger partial charge in [0.25, 0.3) is 0 Å². The third-order valence-corrected chi connectivity index (χ3v) is 3.68. The van der Waals surface area contributed by atoms with Gasteiger partial charge in [0.1, 0.15) is 17.1 Å². The molecular weight excluding hydrogens is 383 g/mol. The van der Waals surface area contributed by atoms with Crippen LogP contribution in [0.3, 0.4) is 0 Å². The van der Waals surface area contributed by atoms with Gasteiger partial charge in [-0.2, -0.15) is 0 Å². The summed E-state index contributed by atoms with van der Waals surface area (Å²) in [4.78, 5) is 24.3. The monoisotopic (exact) mass is 392 g/mol. The number of carbonyl (C=O) groups is 1. The second kappa shape index (κ2) is 6.45. The van der Waals surface area contributed by atoms with Crippen LogP contribution in [-0.4, -0.2) is 13.1 Å². The fourth-order valence-electron chi connectivity index (χ4n) is 2.13. The fraction of sp³-hybridized carbons (Fsp3) is 0.0588. The summed E-state index contributed by atoms with van der Waals surface area (Å²) in [6.45, 7) is 0. The Morgan fingerprint density at radius 2 is 1.88 bits per heavy atom. The van der Waals surface area contributed by atoms with Crippen LogP contribution in [0.25, 0.3) is 11.0 Å². The van der Waals surface area contributed by atoms with E-state index in [1.54, 1.807) is 12.1 Å². The number of carbonyl (C=O) groups excluding carboxylic acids is 1. The highest BCUT2D eigenvalue weighted by atomic mass is 79.9. The zero-order valence-electron chi connectivity index (χ0n) is 12.3. The van der Waals surface area contributed by atoms with Crippen molar-refractivity contribution in [2.75, 3.05) is 7.11 Å². The van der Waals surface area contributed by atoms with Crippen LogP contribution in [0.1, 0.15) is 10.4 Å². The first kappa shape index (κ1) is 16.2. The smallest absolute Gasteiger partial charge is 0.351 e. The summed E-state index contributed by atoms with van der Waals surface area (Å²) >= 11 is 3.31. The molecule has 0 saturated carbocycles. The van der Waals surface area contributed by atoms with E-state index < -0.39 is 17.4 Å². The van der Waals surface area contributed by atoms with E-state index in [-0.39, 0.29) is 16.9 Å². The molecule has 7 heteroatoms. The predicted octanol–water partition coefficient (Wildman–Crippen LogP) is 3.92. The van der Waals surface area contributed by atoms with Gasteiger partial charge in [-0.25, -0.2) is 14.0 Å². The van der Waals surface area contributed by atoms with Crippen LogP contribution in [-0.2, 0) is 0 Å². The fourth-order valence-corrected chi connectivity index (χ4v) is 2.58. The Bertz CT molecular complexity index is 979. The van der Waals surface area contributed by atoms with E-state index in [1.165, 1.54) is 25.3 Å². The Kier molecular flexibility index (Phi) is 4.35. The molecule has 0 spiro atoms. The van der Waals surface area contributed by atoms with Gasteiger partial charge >= 0.3 is 11.6 Å². The molecule has 0 saturated heterocycles. The van der Waals surface area contributed by atoms with E-state index in [0.717, 1.165) is 12.1 Å². The van der Waals surface area contributed by atoms with Crippen molar-refractivity contribution >= 4 is 32.9 Å². The van der Waals surface area contributed by atoms with Crippen LogP contribution in [0, 0.1) is 5.82 Å². The minimum Gasteiger partial charge on any atom is -0.493 e. The quantitative estimate of drug-likeness (QED) is 0.383. The van der Waals surface area contributed by atoms with Gasteiger partial charge in [0.05, 0.1) is 7.11 Å². The lowest BCUT2D eigenvalue weighted by molar-refractivity contribution is 0.0730. The molecule has 0 N–H and O–H groups in total. The maximum atomic E-state index is 12.9. The summed E-state index contributed by atoms with van der Waals surface area (Å²) in [5.74, 6) is -0.879. The van der Waals surface area contributed by atoms with Crippen LogP contribution >= 0.6 is 15.9 Å². The molecule has 3 rings (SSSR count). The van der Waals surface area contributed by atoms with E-state index in [2.05, 4.69) is 15.9 Å². The first-order valence-corrected chi connectivity index (χ1v) is 7.56. The predicted molar refractivity (Wildman–Crippen MR) is 88.1 cm³/mol. The molecule has 122 valence electrons. The zero-order chi connectivity index (χ0) is 17.3. The lowest BCUT2D eigenvalue weighted by atomic mass is 10.2. The average molecular weight is 393 g/mol. The van der Waals surface area contributed by atoms with Crippen molar-refractivity contribution in [3.63, 3.8) is 0 Å². The van der Waals surface area contributed by atoms with Gasteiger partial charge < -0.3 is 13.9 Å². The van der Waals surface area contributed by atoms with Crippen LogP contribution in [0.15, 0.2) is 56.1 Å². The largest absolute Gasteiger partial charge is 0.493 e. The highest BCUT2D eigenvalue weighted by Crippen LogP contribution is 2.29. The van der Waals surface area contributed by atoms with Crippen LogP contribution in [0.5, 0.6) is 11.5 Å². The topological polar surface area (TPSA) is 65.7 Å². The SMILES string of the molecule is COc1cc(Br)cc2cc(C(=O)Oc3ccc(F)cc3)c(=O)oc12. The second-order valence-electron chi connectivity index (χ2n) is 4.82. The van der Waals surface area contributed by atoms with Crippen molar-refractivity contribution in [3.8, 4) is 11.5 Å². The Morgan fingerprint density at radius 3 is 2.54 bits per heavy atom. The zero-order valence-corrected chi connectivity index (χ0v) is 13.9. The molecule has 0 aliphatic rings. The van der Waals surface area contributed by atoms with Crippen molar-refractivity contribution in [2.24, 2.45) is 0 Å². The molecule has 0 fully saturated rings. The van der Waals surface area contributed by atoms with Crippen molar-refractivity contribution in [1.82, 2.24) is 0 Å². The van der Waals surface area contributed by atoms with Crippen molar-refractivity contribution in [3.05, 3.63) is 68.7 Å². The third kappa shape index (κ3) is 3.16. The molecule has 3 aromatic rings. The van der Waals surface area contributed by atoms with E-state index >= 15 is 0 Å². The minimum absolute atomic E-state index is 0.118. The van der Waals surface area contributed by atoms with E-state index in [4.69, 9.17) is 13.9 Å². The van der Waals surface area contributed by atoms with Gasteiger partial charge in [0, 0.05) is 9.86 Å². The van der Waals surface area contributed by atoms with Crippen molar-refractivity contribution in [2.45, 2.75) is 0 Å². The molecule has 0 amide bonds. The Morgan fingerprint density at radius 1 is 1.17 bits per heavy atom. The molecule has 0 aliphatic carbocycles. The standard InChI is InChI=1S/C17H10BrFO5/c1-22-14-8-10(18)6-9-7-13(17(21)24-15(9)14)16(20)23-12-4-2-11(19)3-5-12/h2-8H,1H3. The Labute approximate surface area is 143 Å². The average Bonchev–Trinajstić information content (AvgIpc) is 2.56. The number of methoxy groups -OCH3 is 1. The van der Waals surface area contributed by atoms with Crippen LogP contribution in [0.2, 0.25) is 0 Å². The first-order valence-electron chi connectivity index (χ1n) is 6.77. The molecule has 1 aromatic heterocycles. The number of benzene rings is 2. The van der Waals surface area contributed by atoms with Gasteiger partial charge in [-0.1, -0.05) is 15.9 Å². The lowest BCUT2D eigenvalue weighted by Crippen LogP contribution is -2.18. The molecule has 0 aliphatic heterocycles. The van der Waals surface area contributed by atoms with Crippen LogP contribution < -0.4 is 15.1 Å². The summed E-state index contributed by atoms with van der Waals surface area (Å²) < 4.78 is 29.0. The summed E-state index contributed by atoms with van der Waals surface area (Å²) in [6.07, 6.45) is 0. The Hall–Kier alpha value is -2.67. The number of esters is 1. The number of fused-ring (bicyclic) bond motifs is 1. The normalized spacial score (nSPS) is 10.6. The summed E-state index contributed by atoms with van der Waals surface area (Å²) in [5.41, 5.74) is -0.897. The minimum atomic E-state index is -0.892. The van der Waals surface area contributed by atoms with E-state index in [1.807, 2.05) is 0 Å². The number of hydrogen-bond acceptors (Lipinski definition) is 5. The molecule has 0 unspecified atom stereocenters. The first-order chi connectivity index (χ1) is 11.5. The lowest BCUT2D eigenvalue weighted by Gasteiger charge is -2.07. The number of ether oxygens (including phenoxy) is 2. The van der Waals surface area contributed by atoms with Gasteiger partial charge in [-0.15, -0.1) is 0 Å². The number of halogens is 2. The highest BCUT2D eigenvalue weighted by molar-refractivity contribution is 9.10. The summed E-state index contributed by atoms with van der Waals surface area (Å²) in [5, 5.41) is 0.492. The highest BCUT2D eigenvalue weighted by Gasteiger charge is 2.18. The van der Waals surface area contributed by atoms with Crippen LogP contribution in [0.4, 0.5) is 4.39 Å². The Balaban J connectivity index is 2.02. The summed E-state index contributed by atoms with van der Waals surface area (Å²) in [7, 11) is 1.44. The third-order valence-electron chi connectivity index (χ3n) is 3.23. The maximum Gasteiger partial charge on any atom is 0.351 e. The van der Waals surface area contributed by atoms with Crippen molar-refractivity contribution in [1.29, 1.82) is 0 Å². The molecular formula is C17H10BrFO5. The number of rotatable bonds is 3. The van der Waals surface area contributed by atoms with Gasteiger partial charge in [-0.05, 0) is 42.5 Å². The second-order valence-corrected chi connectivity index (χ2v) is 5.73. The van der Waals surface area contributed by atoms with Crippen molar-refractivity contribution < 1.29 is 23.1 Å². The maximum absolute atomic E-state index is 12.9. The van der Waals surface area contributed by atoms with E-state index in [9.17, 15) is 14.0 Å². The molecule has 2 aromatic carbocycles. The molecule has 1 heterocycles. The van der Waals surface area contributed by atoms with Gasteiger partial charge in [0.15, 0.2) is 11.3 Å². The number of hydrogen-bond donors (Lipinski definition) is 0. The summed E-state index contributed by atoms with van der Waals surface area (Å²) in [6, 6.07) is 9.55. The molecule has 5 nitrogen and oxygen atoms in total. The van der Waals surface area contributed by atoms with E-state index in [0.29, 0.717) is 15.6 Å². The molecule has 0 radical (unpaired) electrons. The molecule has 24 heavy (non-hydrogen) atoms. The van der Waals surface area contributed by atoms with Gasteiger partial charge in [-0.3, -0.25) is 0 Å². The van der Waals surface area contributed by atoms with Gasteiger partial charge in [0.2, 0.25) is 0 Å². The molecule has 0 bridgehead atoms. The molecule has 0 atom stereocenters.